The molecule has 16 heavy (non-hydrogen) atoms. The zero-order valence-corrected chi connectivity index (χ0v) is 10.9. The Labute approximate surface area is 99.6 Å². The van der Waals surface area contributed by atoms with Gasteiger partial charge in [-0.3, -0.25) is 0 Å². The van der Waals surface area contributed by atoms with Crippen molar-refractivity contribution in [2.75, 3.05) is 13.1 Å². The highest BCUT2D eigenvalue weighted by Crippen LogP contribution is 2.14. The first kappa shape index (κ1) is 13.3. The summed E-state index contributed by atoms with van der Waals surface area (Å²) in [4.78, 5) is 2.58. The van der Waals surface area contributed by atoms with E-state index in [9.17, 15) is 0 Å². The molecule has 1 atom stereocenters. The lowest BCUT2D eigenvalue weighted by Gasteiger charge is -2.29. The van der Waals surface area contributed by atoms with Crippen LogP contribution in [0.25, 0.3) is 0 Å². The van der Waals surface area contributed by atoms with Gasteiger partial charge in [0.15, 0.2) is 0 Å². The van der Waals surface area contributed by atoms with E-state index < -0.39 is 0 Å². The molecular weight excluding hydrogens is 198 g/mol. The van der Waals surface area contributed by atoms with Crippen molar-refractivity contribution in [3.05, 3.63) is 24.2 Å². The second-order valence-electron chi connectivity index (χ2n) is 4.35. The molecule has 1 aromatic heterocycles. The normalized spacial score (nSPS) is 13.2. The summed E-state index contributed by atoms with van der Waals surface area (Å²) in [6, 6.07) is 4.71. The Hall–Kier alpha value is -0.760. The lowest BCUT2D eigenvalue weighted by molar-refractivity contribution is 0.187. The van der Waals surface area contributed by atoms with Crippen LogP contribution in [0, 0.1) is 0 Å². The fourth-order valence-electron chi connectivity index (χ4n) is 2.29. The number of likely N-dealkylation sites (N-methyl/N-ethyl adjacent to an activating group) is 1. The minimum Gasteiger partial charge on any atom is -0.469 e. The van der Waals surface area contributed by atoms with Crippen molar-refractivity contribution in [3.63, 3.8) is 0 Å². The van der Waals surface area contributed by atoms with Gasteiger partial charge in [0.2, 0.25) is 0 Å². The monoisotopic (exact) mass is 223 g/mol. The van der Waals surface area contributed by atoms with Crippen molar-refractivity contribution in [1.29, 1.82) is 0 Å². The van der Waals surface area contributed by atoms with Crippen molar-refractivity contribution < 1.29 is 4.42 Å². The average molecular weight is 223 g/mol. The van der Waals surface area contributed by atoms with Crippen LogP contribution < -0.4 is 0 Å². The van der Waals surface area contributed by atoms with Crippen LogP contribution in [0.4, 0.5) is 0 Å². The molecule has 0 amide bonds. The first-order valence-corrected chi connectivity index (χ1v) is 6.58. The maximum absolute atomic E-state index is 5.46. The van der Waals surface area contributed by atoms with Crippen molar-refractivity contribution in [3.8, 4) is 0 Å². The Balaban J connectivity index is 2.57. The molecule has 1 aromatic rings. The van der Waals surface area contributed by atoms with Crippen molar-refractivity contribution in [2.45, 2.75) is 52.5 Å². The third kappa shape index (κ3) is 4.01. The molecule has 1 heterocycles. The molecule has 0 saturated carbocycles. The van der Waals surface area contributed by atoms with E-state index in [1.807, 2.05) is 6.07 Å². The van der Waals surface area contributed by atoms with Gasteiger partial charge in [0.1, 0.15) is 5.76 Å². The van der Waals surface area contributed by atoms with Gasteiger partial charge in [0.05, 0.1) is 6.26 Å². The Morgan fingerprint density at radius 3 is 2.56 bits per heavy atom. The van der Waals surface area contributed by atoms with E-state index in [0.29, 0.717) is 6.04 Å². The summed E-state index contributed by atoms with van der Waals surface area (Å²) < 4.78 is 5.46. The van der Waals surface area contributed by atoms with Gasteiger partial charge in [0, 0.05) is 12.5 Å². The highest BCUT2D eigenvalue weighted by atomic mass is 16.3. The molecule has 0 aromatic carbocycles. The van der Waals surface area contributed by atoms with E-state index >= 15 is 0 Å². The van der Waals surface area contributed by atoms with Gasteiger partial charge in [-0.15, -0.1) is 0 Å². The van der Waals surface area contributed by atoms with E-state index in [1.165, 1.54) is 25.8 Å². The van der Waals surface area contributed by atoms with Crippen LogP contribution in [-0.2, 0) is 6.42 Å². The molecule has 0 spiro atoms. The van der Waals surface area contributed by atoms with E-state index in [2.05, 4.69) is 31.7 Å². The van der Waals surface area contributed by atoms with Crippen LogP contribution in [0.15, 0.2) is 22.8 Å². The van der Waals surface area contributed by atoms with Crippen LogP contribution in [0.5, 0.6) is 0 Å². The highest BCUT2D eigenvalue weighted by Gasteiger charge is 2.17. The van der Waals surface area contributed by atoms with Crippen LogP contribution in [0.1, 0.15) is 45.8 Å². The lowest BCUT2D eigenvalue weighted by Crippen LogP contribution is -2.37. The summed E-state index contributed by atoms with van der Waals surface area (Å²) in [7, 11) is 0. The number of furan rings is 1. The molecule has 0 N–H and O–H groups in total. The first-order chi connectivity index (χ1) is 7.81. The van der Waals surface area contributed by atoms with Gasteiger partial charge < -0.3 is 9.32 Å². The summed E-state index contributed by atoms with van der Waals surface area (Å²) in [5, 5.41) is 0. The smallest absolute Gasteiger partial charge is 0.105 e. The largest absolute Gasteiger partial charge is 0.469 e. The van der Waals surface area contributed by atoms with Crippen molar-refractivity contribution in [1.82, 2.24) is 4.90 Å². The standard InChI is InChI=1S/C14H25NO/c1-4-8-13(15(6-3)10-5-2)12-14-9-7-11-16-14/h7,9,11,13H,4-6,8,10,12H2,1-3H3. The first-order valence-electron chi connectivity index (χ1n) is 6.58. The number of hydrogen-bond donors (Lipinski definition) is 0. The molecule has 2 heteroatoms. The summed E-state index contributed by atoms with van der Waals surface area (Å²) in [6.45, 7) is 9.09. The zero-order chi connectivity index (χ0) is 11.8. The Kier molecular flexibility index (Phi) is 6.24. The van der Waals surface area contributed by atoms with Gasteiger partial charge in [-0.05, 0) is 38.1 Å². The van der Waals surface area contributed by atoms with Crippen molar-refractivity contribution in [2.24, 2.45) is 0 Å². The number of hydrogen-bond acceptors (Lipinski definition) is 2. The van der Waals surface area contributed by atoms with Crippen molar-refractivity contribution >= 4 is 0 Å². The lowest BCUT2D eigenvalue weighted by atomic mass is 10.0. The highest BCUT2D eigenvalue weighted by molar-refractivity contribution is 5.00. The predicted molar refractivity (Wildman–Crippen MR) is 68.6 cm³/mol. The van der Waals surface area contributed by atoms with Gasteiger partial charge in [0.25, 0.3) is 0 Å². The molecule has 0 bridgehead atoms. The third-order valence-electron chi connectivity index (χ3n) is 3.07. The van der Waals surface area contributed by atoms with Crippen LogP contribution in [-0.4, -0.2) is 24.0 Å². The molecule has 0 aliphatic carbocycles. The molecule has 0 aliphatic heterocycles. The topological polar surface area (TPSA) is 16.4 Å². The molecular formula is C14H25NO. The maximum Gasteiger partial charge on any atom is 0.105 e. The van der Waals surface area contributed by atoms with E-state index in [0.717, 1.165) is 18.7 Å². The second-order valence-corrected chi connectivity index (χ2v) is 4.35. The molecule has 0 fully saturated rings. The molecule has 0 saturated heterocycles. The minimum absolute atomic E-state index is 0.640. The van der Waals surface area contributed by atoms with E-state index in [-0.39, 0.29) is 0 Å². The van der Waals surface area contributed by atoms with Gasteiger partial charge in [-0.25, -0.2) is 0 Å². The van der Waals surface area contributed by atoms with Gasteiger partial charge >= 0.3 is 0 Å². The summed E-state index contributed by atoms with van der Waals surface area (Å²) in [6.07, 6.45) is 6.55. The summed E-state index contributed by atoms with van der Waals surface area (Å²) in [5.74, 6) is 1.12. The van der Waals surface area contributed by atoms with Gasteiger partial charge in [-0.1, -0.05) is 27.2 Å². The minimum atomic E-state index is 0.640. The molecule has 2 nitrogen and oxygen atoms in total. The quantitative estimate of drug-likeness (QED) is 0.668. The average Bonchev–Trinajstić information content (AvgIpc) is 2.78. The van der Waals surface area contributed by atoms with Crippen LogP contribution in [0.3, 0.4) is 0 Å². The molecule has 1 unspecified atom stereocenters. The SMILES string of the molecule is CCCC(Cc1ccco1)N(CC)CCC. The number of rotatable bonds is 8. The fourth-order valence-corrected chi connectivity index (χ4v) is 2.29. The van der Waals surface area contributed by atoms with E-state index in [4.69, 9.17) is 4.42 Å². The van der Waals surface area contributed by atoms with Crippen LogP contribution >= 0.6 is 0 Å². The molecule has 0 aliphatic rings. The molecule has 1 rings (SSSR count). The summed E-state index contributed by atoms with van der Waals surface area (Å²) >= 11 is 0. The summed E-state index contributed by atoms with van der Waals surface area (Å²) in [5.41, 5.74) is 0. The Morgan fingerprint density at radius 2 is 2.06 bits per heavy atom. The van der Waals surface area contributed by atoms with Crippen LogP contribution in [0.2, 0.25) is 0 Å². The Morgan fingerprint density at radius 1 is 1.25 bits per heavy atom. The fraction of sp³-hybridized carbons (Fsp3) is 0.714. The zero-order valence-electron chi connectivity index (χ0n) is 10.9. The van der Waals surface area contributed by atoms with E-state index in [1.54, 1.807) is 6.26 Å². The van der Waals surface area contributed by atoms with Gasteiger partial charge in [-0.2, -0.15) is 0 Å². The number of nitrogens with zero attached hydrogens (tertiary/aromatic N) is 1. The third-order valence-corrected chi connectivity index (χ3v) is 3.07. The second kappa shape index (κ2) is 7.50. The predicted octanol–water partition coefficient (Wildman–Crippen LogP) is 3.72. The molecule has 92 valence electrons. The Bertz CT molecular complexity index is 256. The molecule has 0 radical (unpaired) electrons. The maximum atomic E-state index is 5.46.